The van der Waals surface area contributed by atoms with E-state index in [1.165, 1.54) is 29.9 Å². The number of hydrogen-bond acceptors (Lipinski definition) is 4. The van der Waals surface area contributed by atoms with Crippen molar-refractivity contribution >= 4 is 28.3 Å². The molecule has 1 aromatic heterocycles. The molecule has 2 N–H and O–H groups in total. The van der Waals surface area contributed by atoms with Crippen LogP contribution in [0.4, 0.5) is 9.52 Å². The summed E-state index contributed by atoms with van der Waals surface area (Å²) in [5, 5.41) is 7.88. The predicted molar refractivity (Wildman–Crippen MR) is 113 cm³/mol. The second-order valence-corrected chi connectivity index (χ2v) is 7.50. The van der Waals surface area contributed by atoms with Crippen molar-refractivity contribution in [2.75, 3.05) is 11.9 Å². The van der Waals surface area contributed by atoms with E-state index in [1.54, 1.807) is 18.2 Å². The molecule has 0 aliphatic rings. The van der Waals surface area contributed by atoms with Crippen molar-refractivity contribution in [3.8, 4) is 11.3 Å². The molecule has 3 rings (SSSR count). The first kappa shape index (κ1) is 20.7. The number of halogens is 1. The van der Waals surface area contributed by atoms with Crippen LogP contribution in [0.1, 0.15) is 24.5 Å². The molecule has 2 amide bonds. The molecule has 3 aromatic rings. The highest BCUT2D eigenvalue weighted by Crippen LogP contribution is 2.25. The highest BCUT2D eigenvalue weighted by molar-refractivity contribution is 7.14. The molecule has 0 aliphatic heterocycles. The zero-order chi connectivity index (χ0) is 20.6. The van der Waals surface area contributed by atoms with Gasteiger partial charge in [0.15, 0.2) is 5.13 Å². The molecule has 2 aromatic carbocycles. The largest absolute Gasteiger partial charge is 0.356 e. The summed E-state index contributed by atoms with van der Waals surface area (Å²) in [6.45, 7) is 2.18. The van der Waals surface area contributed by atoms with Crippen LogP contribution in [0.15, 0.2) is 53.9 Å². The van der Waals surface area contributed by atoms with Crippen LogP contribution in [0, 0.1) is 5.82 Å². The number of benzene rings is 2. The first-order valence-electron chi connectivity index (χ1n) is 9.34. The summed E-state index contributed by atoms with van der Waals surface area (Å²) in [5.74, 6) is -0.703. The number of nitrogens with zero attached hydrogens (tertiary/aromatic N) is 1. The number of hydrogen-bond donors (Lipinski definition) is 2. The maximum atomic E-state index is 13.7. The zero-order valence-electron chi connectivity index (χ0n) is 16.1. The lowest BCUT2D eigenvalue weighted by atomic mass is 10.1. The third-order valence-corrected chi connectivity index (χ3v) is 5.08. The third kappa shape index (κ3) is 6.22. The number of rotatable bonds is 8. The van der Waals surface area contributed by atoms with Crippen LogP contribution in [0.25, 0.3) is 11.3 Å². The fraction of sp³-hybridized carbons (Fsp3) is 0.227. The van der Waals surface area contributed by atoms with Crippen molar-refractivity contribution in [2.45, 2.75) is 26.2 Å². The maximum Gasteiger partial charge on any atom is 0.230 e. The summed E-state index contributed by atoms with van der Waals surface area (Å²) >= 11 is 1.33. The minimum absolute atomic E-state index is 0.0133. The molecule has 0 aliphatic carbocycles. The number of carbonyl (C=O) groups excluding carboxylic acids is 2. The van der Waals surface area contributed by atoms with Crippen LogP contribution < -0.4 is 10.6 Å². The molecule has 0 spiro atoms. The van der Waals surface area contributed by atoms with E-state index in [9.17, 15) is 14.0 Å². The van der Waals surface area contributed by atoms with E-state index < -0.39 is 0 Å². The van der Waals surface area contributed by atoms with Gasteiger partial charge in [0.05, 0.1) is 12.1 Å². The van der Waals surface area contributed by atoms with Gasteiger partial charge >= 0.3 is 0 Å². The van der Waals surface area contributed by atoms with E-state index in [4.69, 9.17) is 0 Å². The minimum Gasteiger partial charge on any atom is -0.356 e. The molecule has 0 saturated carbocycles. The first-order chi connectivity index (χ1) is 14.0. The number of nitrogens with one attached hydrogen (secondary N) is 2. The molecule has 0 atom stereocenters. The van der Waals surface area contributed by atoms with Gasteiger partial charge in [-0.3, -0.25) is 9.59 Å². The zero-order valence-corrected chi connectivity index (χ0v) is 16.9. The Morgan fingerprint density at radius 2 is 1.86 bits per heavy atom. The average Bonchev–Trinajstić information content (AvgIpc) is 3.16. The molecule has 0 fully saturated rings. The highest BCUT2D eigenvalue weighted by atomic mass is 32.1. The number of carbonyl (C=O) groups is 2. The molecular weight excluding hydrogens is 389 g/mol. The van der Waals surface area contributed by atoms with Crippen LogP contribution >= 0.6 is 11.3 Å². The van der Waals surface area contributed by atoms with Gasteiger partial charge in [0.25, 0.3) is 0 Å². The summed E-state index contributed by atoms with van der Waals surface area (Å²) in [6, 6.07) is 14.3. The molecule has 0 unspecified atom stereocenters. The molecule has 150 valence electrons. The van der Waals surface area contributed by atoms with Crippen LogP contribution in [0.5, 0.6) is 0 Å². The van der Waals surface area contributed by atoms with Crippen LogP contribution in [0.3, 0.4) is 0 Å². The summed E-state index contributed by atoms with van der Waals surface area (Å²) in [6.07, 6.45) is 1.73. The molecule has 0 radical (unpaired) electrons. The number of aromatic nitrogens is 1. The van der Waals surface area contributed by atoms with Gasteiger partial charge in [0.1, 0.15) is 5.82 Å². The highest BCUT2D eigenvalue weighted by Gasteiger charge is 2.11. The first-order valence-corrected chi connectivity index (χ1v) is 10.2. The Kier molecular flexibility index (Phi) is 7.08. The fourth-order valence-corrected chi connectivity index (χ4v) is 3.58. The van der Waals surface area contributed by atoms with E-state index >= 15 is 0 Å². The summed E-state index contributed by atoms with van der Waals surface area (Å²) in [4.78, 5) is 27.5. The Labute approximate surface area is 173 Å². The Hall–Kier alpha value is -3.06. The lowest BCUT2D eigenvalue weighted by molar-refractivity contribution is -0.119. The van der Waals surface area contributed by atoms with Gasteiger partial charge in [-0.1, -0.05) is 42.5 Å². The Morgan fingerprint density at radius 1 is 1.10 bits per heavy atom. The van der Waals surface area contributed by atoms with E-state index in [1.807, 2.05) is 29.6 Å². The predicted octanol–water partition coefficient (Wildman–Crippen LogP) is 4.20. The summed E-state index contributed by atoms with van der Waals surface area (Å²) < 4.78 is 13.7. The molecule has 7 heteroatoms. The molecule has 0 saturated heterocycles. The molecule has 0 bridgehead atoms. The van der Waals surface area contributed by atoms with E-state index in [0.717, 1.165) is 24.1 Å². The molecular formula is C22H22FN3O2S. The van der Waals surface area contributed by atoms with E-state index in [-0.39, 0.29) is 24.1 Å². The lowest BCUT2D eigenvalue weighted by Gasteiger charge is -2.04. The minimum atomic E-state index is -0.389. The summed E-state index contributed by atoms with van der Waals surface area (Å²) in [7, 11) is 0. The lowest BCUT2D eigenvalue weighted by Crippen LogP contribution is -2.21. The second-order valence-electron chi connectivity index (χ2n) is 6.64. The van der Waals surface area contributed by atoms with Crippen molar-refractivity contribution in [3.05, 3.63) is 70.9 Å². The maximum absolute atomic E-state index is 13.7. The van der Waals surface area contributed by atoms with Crippen molar-refractivity contribution in [1.82, 2.24) is 10.3 Å². The van der Waals surface area contributed by atoms with E-state index in [2.05, 4.69) is 15.6 Å². The van der Waals surface area contributed by atoms with Gasteiger partial charge in [0.2, 0.25) is 11.8 Å². The third-order valence-electron chi connectivity index (χ3n) is 4.33. The van der Waals surface area contributed by atoms with E-state index in [0.29, 0.717) is 17.2 Å². The normalized spacial score (nSPS) is 10.6. The smallest absolute Gasteiger partial charge is 0.230 e. The number of amides is 2. The Bertz CT molecular complexity index is 986. The van der Waals surface area contributed by atoms with Crippen LogP contribution in [-0.2, 0) is 22.4 Å². The summed E-state index contributed by atoms with van der Waals surface area (Å²) in [5.41, 5.74) is 3.28. The Morgan fingerprint density at radius 3 is 2.59 bits per heavy atom. The SMILES string of the molecule is CC(=O)NCCCc1ccc(-c2csc(NC(=O)Cc3ccccc3F)n2)cc1. The number of anilines is 1. The average molecular weight is 412 g/mol. The van der Waals surface area contributed by atoms with Gasteiger partial charge in [-0.15, -0.1) is 11.3 Å². The quantitative estimate of drug-likeness (QED) is 0.546. The standard InChI is InChI=1S/C22H22FN3O2S/c1-15(27)24-12-4-5-16-8-10-17(11-9-16)20-14-29-22(25-20)26-21(28)13-18-6-2-3-7-19(18)23/h2-3,6-11,14H,4-5,12-13H2,1H3,(H,24,27)(H,25,26,28). The van der Waals surface area contributed by atoms with Gasteiger partial charge in [-0.2, -0.15) is 0 Å². The van der Waals surface area contributed by atoms with Crippen LogP contribution in [0.2, 0.25) is 0 Å². The number of thiazole rings is 1. The second kappa shape index (κ2) is 9.93. The Balaban J connectivity index is 1.54. The molecule has 5 nitrogen and oxygen atoms in total. The van der Waals surface area contributed by atoms with Gasteiger partial charge in [-0.05, 0) is 30.0 Å². The van der Waals surface area contributed by atoms with Crippen molar-refractivity contribution in [3.63, 3.8) is 0 Å². The topological polar surface area (TPSA) is 71.1 Å². The molecule has 29 heavy (non-hydrogen) atoms. The van der Waals surface area contributed by atoms with Gasteiger partial charge < -0.3 is 10.6 Å². The van der Waals surface area contributed by atoms with Crippen molar-refractivity contribution in [2.24, 2.45) is 0 Å². The van der Waals surface area contributed by atoms with Gasteiger partial charge in [0, 0.05) is 24.4 Å². The monoisotopic (exact) mass is 411 g/mol. The van der Waals surface area contributed by atoms with Gasteiger partial charge in [-0.25, -0.2) is 9.37 Å². The number of aryl methyl sites for hydroxylation is 1. The van der Waals surface area contributed by atoms with Crippen molar-refractivity contribution in [1.29, 1.82) is 0 Å². The fourth-order valence-electron chi connectivity index (χ4n) is 2.84. The van der Waals surface area contributed by atoms with Crippen molar-refractivity contribution < 1.29 is 14.0 Å². The molecule has 1 heterocycles. The van der Waals surface area contributed by atoms with Crippen LogP contribution in [-0.4, -0.2) is 23.3 Å².